The first-order valence-electron chi connectivity index (χ1n) is 4.59. The van der Waals surface area contributed by atoms with E-state index in [1.165, 1.54) is 12.1 Å². The van der Waals surface area contributed by atoms with E-state index in [0.717, 1.165) is 0 Å². The van der Waals surface area contributed by atoms with Gasteiger partial charge in [0.05, 0.1) is 0 Å². The number of alkyl halides is 3. The summed E-state index contributed by atoms with van der Waals surface area (Å²) in [6.45, 7) is 0.215. The van der Waals surface area contributed by atoms with E-state index in [0.29, 0.717) is 0 Å². The minimum Gasteiger partial charge on any atom is -0.480 e. The zero-order chi connectivity index (χ0) is 12.2. The SMILES string of the molecule is CC(N)Oc1ccccc1OCC(F)(F)F. The molecule has 1 aromatic carbocycles. The Labute approximate surface area is 91.0 Å². The van der Waals surface area contributed by atoms with Gasteiger partial charge in [0.25, 0.3) is 0 Å². The van der Waals surface area contributed by atoms with E-state index in [4.69, 9.17) is 10.5 Å². The molecule has 0 aliphatic rings. The van der Waals surface area contributed by atoms with E-state index in [-0.39, 0.29) is 11.5 Å². The molecule has 1 rings (SSSR count). The van der Waals surface area contributed by atoms with Crippen molar-refractivity contribution in [3.63, 3.8) is 0 Å². The van der Waals surface area contributed by atoms with Gasteiger partial charge in [-0.05, 0) is 19.1 Å². The van der Waals surface area contributed by atoms with Crippen LogP contribution in [0.5, 0.6) is 11.5 Å². The molecule has 6 heteroatoms. The lowest BCUT2D eigenvalue weighted by Crippen LogP contribution is -2.23. The van der Waals surface area contributed by atoms with Crippen LogP contribution >= 0.6 is 0 Å². The molecule has 0 aliphatic heterocycles. The molecular formula is C10H12F3NO2. The molecule has 0 saturated carbocycles. The molecule has 0 saturated heterocycles. The highest BCUT2D eigenvalue weighted by molar-refractivity contribution is 5.39. The van der Waals surface area contributed by atoms with Gasteiger partial charge in [0.15, 0.2) is 18.1 Å². The van der Waals surface area contributed by atoms with Crippen LogP contribution in [0.15, 0.2) is 24.3 Å². The quantitative estimate of drug-likeness (QED) is 0.814. The Balaban J connectivity index is 2.71. The average molecular weight is 235 g/mol. The summed E-state index contributed by atoms with van der Waals surface area (Å²) >= 11 is 0. The van der Waals surface area contributed by atoms with Crippen LogP contribution in [-0.2, 0) is 0 Å². The van der Waals surface area contributed by atoms with Crippen LogP contribution in [0.25, 0.3) is 0 Å². The first-order chi connectivity index (χ1) is 7.38. The number of hydrogen-bond donors (Lipinski definition) is 1. The van der Waals surface area contributed by atoms with E-state index in [1.54, 1.807) is 19.1 Å². The van der Waals surface area contributed by atoms with E-state index < -0.39 is 19.0 Å². The Bertz CT molecular complexity index is 339. The molecule has 0 aromatic heterocycles. The van der Waals surface area contributed by atoms with Gasteiger partial charge < -0.3 is 9.47 Å². The lowest BCUT2D eigenvalue weighted by Gasteiger charge is -2.15. The smallest absolute Gasteiger partial charge is 0.422 e. The van der Waals surface area contributed by atoms with Gasteiger partial charge >= 0.3 is 6.18 Å². The second-order valence-corrected chi connectivity index (χ2v) is 3.17. The van der Waals surface area contributed by atoms with Crippen molar-refractivity contribution in [1.29, 1.82) is 0 Å². The van der Waals surface area contributed by atoms with Crippen molar-refractivity contribution in [2.24, 2.45) is 5.73 Å². The number of benzene rings is 1. The maximum Gasteiger partial charge on any atom is 0.422 e. The van der Waals surface area contributed by atoms with Crippen LogP contribution in [0, 0.1) is 0 Å². The molecule has 2 N–H and O–H groups in total. The zero-order valence-corrected chi connectivity index (χ0v) is 8.62. The molecule has 1 atom stereocenters. The van der Waals surface area contributed by atoms with Crippen molar-refractivity contribution < 1.29 is 22.6 Å². The molecule has 1 unspecified atom stereocenters. The minimum absolute atomic E-state index is 0.0251. The largest absolute Gasteiger partial charge is 0.480 e. The normalized spacial score (nSPS) is 13.3. The number of para-hydroxylation sites is 2. The van der Waals surface area contributed by atoms with Gasteiger partial charge in [0.2, 0.25) is 0 Å². The molecule has 90 valence electrons. The standard InChI is InChI=1S/C10H12F3NO2/c1-7(14)16-9-5-3-2-4-8(9)15-6-10(11,12)13/h2-5,7H,6,14H2,1H3. The lowest BCUT2D eigenvalue weighted by atomic mass is 10.3. The van der Waals surface area contributed by atoms with Crippen LogP contribution in [-0.4, -0.2) is 19.0 Å². The second-order valence-electron chi connectivity index (χ2n) is 3.17. The Hall–Kier alpha value is -1.43. The highest BCUT2D eigenvalue weighted by Crippen LogP contribution is 2.28. The minimum atomic E-state index is -4.37. The monoisotopic (exact) mass is 235 g/mol. The number of halogens is 3. The molecule has 0 bridgehead atoms. The van der Waals surface area contributed by atoms with Gasteiger partial charge in [-0.15, -0.1) is 0 Å². The number of rotatable bonds is 4. The van der Waals surface area contributed by atoms with Crippen LogP contribution < -0.4 is 15.2 Å². The van der Waals surface area contributed by atoms with Gasteiger partial charge in [-0.25, -0.2) is 0 Å². The van der Waals surface area contributed by atoms with Crippen molar-refractivity contribution in [2.75, 3.05) is 6.61 Å². The second kappa shape index (κ2) is 5.07. The summed E-state index contributed by atoms with van der Waals surface area (Å²) < 4.78 is 45.5. The maximum absolute atomic E-state index is 11.9. The molecule has 0 heterocycles. The highest BCUT2D eigenvalue weighted by Gasteiger charge is 2.28. The van der Waals surface area contributed by atoms with Crippen LogP contribution in [0.4, 0.5) is 13.2 Å². The van der Waals surface area contributed by atoms with E-state index in [1.807, 2.05) is 0 Å². The molecule has 0 aliphatic carbocycles. The first-order valence-corrected chi connectivity index (χ1v) is 4.59. The molecule has 3 nitrogen and oxygen atoms in total. The third-order valence-electron chi connectivity index (χ3n) is 1.55. The summed E-state index contributed by atoms with van der Waals surface area (Å²) in [5, 5.41) is 0. The molecule has 1 aromatic rings. The van der Waals surface area contributed by atoms with Gasteiger partial charge in [0, 0.05) is 0 Å². The fourth-order valence-corrected chi connectivity index (χ4v) is 1.03. The van der Waals surface area contributed by atoms with Crippen LogP contribution in [0.3, 0.4) is 0 Å². The van der Waals surface area contributed by atoms with E-state index in [2.05, 4.69) is 4.74 Å². The number of nitrogens with two attached hydrogens (primary N) is 1. The Morgan fingerprint density at radius 1 is 1.25 bits per heavy atom. The van der Waals surface area contributed by atoms with Crippen molar-refractivity contribution >= 4 is 0 Å². The predicted octanol–water partition coefficient (Wildman–Crippen LogP) is 2.31. The van der Waals surface area contributed by atoms with E-state index >= 15 is 0 Å². The summed E-state index contributed by atoms with van der Waals surface area (Å²) in [7, 11) is 0. The number of hydrogen-bond acceptors (Lipinski definition) is 3. The molecular weight excluding hydrogens is 223 g/mol. The van der Waals surface area contributed by atoms with Crippen LogP contribution in [0.1, 0.15) is 6.92 Å². The van der Waals surface area contributed by atoms with Gasteiger partial charge in [0.1, 0.15) is 6.23 Å². The summed E-state index contributed by atoms with van der Waals surface area (Å²) in [5.74, 6) is 0.221. The summed E-state index contributed by atoms with van der Waals surface area (Å²) in [6, 6.07) is 6.07. The van der Waals surface area contributed by atoms with E-state index in [9.17, 15) is 13.2 Å². The predicted molar refractivity (Wildman–Crippen MR) is 52.3 cm³/mol. The summed E-state index contributed by atoms with van der Waals surface area (Å²) in [6.07, 6.45) is -4.99. The summed E-state index contributed by atoms with van der Waals surface area (Å²) in [5.41, 5.74) is 5.38. The first kappa shape index (κ1) is 12.6. The Morgan fingerprint density at radius 2 is 1.81 bits per heavy atom. The lowest BCUT2D eigenvalue weighted by molar-refractivity contribution is -0.153. The van der Waals surface area contributed by atoms with Gasteiger partial charge in [-0.1, -0.05) is 12.1 Å². The highest BCUT2D eigenvalue weighted by atomic mass is 19.4. The topological polar surface area (TPSA) is 44.5 Å². The molecule has 16 heavy (non-hydrogen) atoms. The molecule has 0 radical (unpaired) electrons. The summed E-state index contributed by atoms with van der Waals surface area (Å²) in [4.78, 5) is 0. The maximum atomic E-state index is 11.9. The molecule has 0 spiro atoms. The van der Waals surface area contributed by atoms with Crippen molar-refractivity contribution in [3.05, 3.63) is 24.3 Å². The van der Waals surface area contributed by atoms with Crippen molar-refractivity contribution in [1.82, 2.24) is 0 Å². The fraction of sp³-hybridized carbons (Fsp3) is 0.400. The van der Waals surface area contributed by atoms with Crippen molar-refractivity contribution in [2.45, 2.75) is 19.3 Å². The van der Waals surface area contributed by atoms with Crippen molar-refractivity contribution in [3.8, 4) is 11.5 Å². The molecule has 0 amide bonds. The average Bonchev–Trinajstić information content (AvgIpc) is 2.14. The third-order valence-corrected chi connectivity index (χ3v) is 1.55. The zero-order valence-electron chi connectivity index (χ0n) is 8.62. The fourth-order valence-electron chi connectivity index (χ4n) is 1.03. The Kier molecular flexibility index (Phi) is 4.00. The number of ether oxygens (including phenoxy) is 2. The van der Waals surface area contributed by atoms with Gasteiger partial charge in [-0.2, -0.15) is 13.2 Å². The third kappa shape index (κ3) is 4.39. The Morgan fingerprint density at radius 3 is 2.31 bits per heavy atom. The van der Waals surface area contributed by atoms with Crippen LogP contribution in [0.2, 0.25) is 0 Å². The molecule has 0 fully saturated rings. The van der Waals surface area contributed by atoms with Gasteiger partial charge in [-0.3, -0.25) is 5.73 Å².